The van der Waals surface area contributed by atoms with E-state index >= 15 is 0 Å². The van der Waals surface area contributed by atoms with E-state index in [4.69, 9.17) is 23.2 Å². The number of hydrogen-bond acceptors (Lipinski definition) is 3. The summed E-state index contributed by atoms with van der Waals surface area (Å²) in [6.07, 6.45) is 1.53. The second kappa shape index (κ2) is 6.52. The molecule has 0 saturated heterocycles. The number of hydrogen-bond donors (Lipinski definition) is 1. The van der Waals surface area contributed by atoms with Crippen molar-refractivity contribution >= 4 is 23.2 Å². The lowest BCUT2D eigenvalue weighted by Crippen LogP contribution is -2.29. The van der Waals surface area contributed by atoms with E-state index in [0.717, 1.165) is 5.82 Å². The van der Waals surface area contributed by atoms with Crippen LogP contribution >= 0.6 is 23.2 Å². The van der Waals surface area contributed by atoms with Crippen LogP contribution in [0.5, 0.6) is 0 Å². The maximum atomic E-state index is 13.6. The second-order valence-electron chi connectivity index (χ2n) is 6.15. The lowest BCUT2D eigenvalue weighted by atomic mass is 10.1. The van der Waals surface area contributed by atoms with Gasteiger partial charge in [-0.1, -0.05) is 23.2 Å². The molecule has 22 heavy (non-hydrogen) atoms. The summed E-state index contributed by atoms with van der Waals surface area (Å²) >= 11 is 11.9. The summed E-state index contributed by atoms with van der Waals surface area (Å²) in [6.45, 7) is 8.57. The van der Waals surface area contributed by atoms with Crippen molar-refractivity contribution < 1.29 is 4.39 Å². The lowest BCUT2D eigenvalue weighted by Gasteiger charge is -2.22. The Morgan fingerprint density at radius 3 is 2.59 bits per heavy atom. The van der Waals surface area contributed by atoms with Gasteiger partial charge in [0.15, 0.2) is 0 Å². The van der Waals surface area contributed by atoms with Crippen LogP contribution in [0.1, 0.15) is 45.1 Å². The third kappa shape index (κ3) is 3.77. The molecular weight excluding hydrogens is 326 g/mol. The van der Waals surface area contributed by atoms with Gasteiger partial charge in [0.25, 0.3) is 0 Å². The number of nitrogens with one attached hydrogen (secondary N) is 1. The van der Waals surface area contributed by atoms with Crippen LogP contribution in [0, 0.1) is 5.82 Å². The molecule has 2 rings (SSSR count). The molecule has 1 aromatic carbocycles. The zero-order chi connectivity index (χ0) is 16.5. The molecular formula is C15H19Cl2FN4. The van der Waals surface area contributed by atoms with Crippen molar-refractivity contribution in [1.82, 2.24) is 20.1 Å². The molecule has 0 saturated carbocycles. The predicted molar refractivity (Wildman–Crippen MR) is 86.7 cm³/mol. The summed E-state index contributed by atoms with van der Waals surface area (Å²) < 4.78 is 15.5. The van der Waals surface area contributed by atoms with Crippen molar-refractivity contribution in [3.63, 3.8) is 0 Å². The minimum absolute atomic E-state index is 0.0217. The molecule has 7 heteroatoms. The maximum Gasteiger partial charge on any atom is 0.142 e. The number of aromatic nitrogens is 3. The van der Waals surface area contributed by atoms with E-state index in [1.54, 1.807) is 0 Å². The Balaban J connectivity index is 2.13. The van der Waals surface area contributed by atoms with Gasteiger partial charge in [0.1, 0.15) is 18.0 Å². The SMILES string of the molecule is C[C@H](NCc1ncnn1C(C)(C)C)c1cc(F)c(Cl)cc1Cl. The average molecular weight is 345 g/mol. The van der Waals surface area contributed by atoms with Gasteiger partial charge in [-0.25, -0.2) is 14.1 Å². The minimum atomic E-state index is -0.479. The first-order chi connectivity index (χ1) is 10.2. The molecule has 4 nitrogen and oxygen atoms in total. The van der Waals surface area contributed by atoms with Gasteiger partial charge in [0, 0.05) is 11.1 Å². The molecule has 0 aliphatic carbocycles. The minimum Gasteiger partial charge on any atom is -0.303 e. The van der Waals surface area contributed by atoms with Crippen molar-refractivity contribution in [2.75, 3.05) is 0 Å². The maximum absolute atomic E-state index is 13.6. The van der Waals surface area contributed by atoms with Crippen molar-refractivity contribution in [3.8, 4) is 0 Å². The fourth-order valence-corrected chi connectivity index (χ4v) is 2.72. The van der Waals surface area contributed by atoms with Crippen LogP contribution in [0.25, 0.3) is 0 Å². The molecule has 0 aliphatic heterocycles. The Morgan fingerprint density at radius 2 is 1.95 bits per heavy atom. The first-order valence-corrected chi connectivity index (χ1v) is 7.73. The highest BCUT2D eigenvalue weighted by atomic mass is 35.5. The van der Waals surface area contributed by atoms with Crippen LogP contribution in [-0.4, -0.2) is 14.8 Å². The van der Waals surface area contributed by atoms with Gasteiger partial charge in [-0.05, 0) is 45.4 Å². The number of rotatable bonds is 4. The third-order valence-corrected chi connectivity index (χ3v) is 3.94. The van der Waals surface area contributed by atoms with E-state index in [9.17, 15) is 4.39 Å². The Kier molecular flexibility index (Phi) is 5.10. The van der Waals surface area contributed by atoms with Gasteiger partial charge in [0.05, 0.1) is 17.1 Å². The zero-order valence-corrected chi connectivity index (χ0v) is 14.5. The van der Waals surface area contributed by atoms with E-state index in [1.807, 2.05) is 11.6 Å². The van der Waals surface area contributed by atoms with E-state index in [0.29, 0.717) is 17.1 Å². The number of halogens is 3. The highest BCUT2D eigenvalue weighted by Gasteiger charge is 2.19. The van der Waals surface area contributed by atoms with Gasteiger partial charge in [-0.15, -0.1) is 0 Å². The highest BCUT2D eigenvalue weighted by molar-refractivity contribution is 6.35. The fraction of sp³-hybridized carbons (Fsp3) is 0.467. The predicted octanol–water partition coefficient (Wildman–Crippen LogP) is 4.33. The molecule has 0 amide bonds. The molecule has 1 aromatic heterocycles. The Morgan fingerprint density at radius 1 is 1.27 bits per heavy atom. The molecule has 0 aliphatic rings. The van der Waals surface area contributed by atoms with Crippen molar-refractivity contribution in [2.24, 2.45) is 0 Å². The number of nitrogens with zero attached hydrogens (tertiary/aromatic N) is 3. The monoisotopic (exact) mass is 344 g/mol. The van der Waals surface area contributed by atoms with Crippen LogP contribution in [0.4, 0.5) is 4.39 Å². The summed E-state index contributed by atoms with van der Waals surface area (Å²) in [4.78, 5) is 4.26. The van der Waals surface area contributed by atoms with E-state index in [1.165, 1.54) is 18.5 Å². The van der Waals surface area contributed by atoms with Crippen molar-refractivity contribution in [1.29, 1.82) is 0 Å². The third-order valence-electron chi connectivity index (χ3n) is 3.33. The normalized spacial score (nSPS) is 13.4. The molecule has 0 radical (unpaired) electrons. The first-order valence-electron chi connectivity index (χ1n) is 6.97. The van der Waals surface area contributed by atoms with Crippen LogP contribution in [-0.2, 0) is 12.1 Å². The standard InChI is InChI=1S/C15H19Cl2FN4/c1-9(10-5-13(18)12(17)6-11(10)16)19-7-14-20-8-21-22(14)15(2,3)4/h5-6,8-9,19H,7H2,1-4H3/t9-/m0/s1. The summed E-state index contributed by atoms with van der Waals surface area (Å²) in [7, 11) is 0. The molecule has 1 atom stereocenters. The van der Waals surface area contributed by atoms with Crippen LogP contribution in [0.2, 0.25) is 10.0 Å². The molecule has 1 N–H and O–H groups in total. The average Bonchev–Trinajstić information content (AvgIpc) is 2.88. The topological polar surface area (TPSA) is 42.7 Å². The van der Waals surface area contributed by atoms with E-state index in [-0.39, 0.29) is 16.6 Å². The van der Waals surface area contributed by atoms with Gasteiger partial charge in [-0.3, -0.25) is 0 Å². The van der Waals surface area contributed by atoms with Gasteiger partial charge in [-0.2, -0.15) is 5.10 Å². The lowest BCUT2D eigenvalue weighted by molar-refractivity contribution is 0.335. The molecule has 0 bridgehead atoms. The van der Waals surface area contributed by atoms with Gasteiger partial charge < -0.3 is 5.32 Å². The highest BCUT2D eigenvalue weighted by Crippen LogP contribution is 2.28. The molecule has 0 fully saturated rings. The molecule has 120 valence electrons. The zero-order valence-electron chi connectivity index (χ0n) is 13.0. The van der Waals surface area contributed by atoms with Gasteiger partial charge in [0.2, 0.25) is 0 Å². The van der Waals surface area contributed by atoms with E-state index in [2.05, 4.69) is 36.2 Å². The Hall–Kier alpha value is -1.17. The van der Waals surface area contributed by atoms with Crippen LogP contribution < -0.4 is 5.32 Å². The summed E-state index contributed by atoms with van der Waals surface area (Å²) in [5.41, 5.74) is 0.506. The Labute approximate surface area is 139 Å². The van der Waals surface area contributed by atoms with Crippen LogP contribution in [0.15, 0.2) is 18.5 Å². The summed E-state index contributed by atoms with van der Waals surface area (Å²) in [5, 5.41) is 7.98. The quantitative estimate of drug-likeness (QED) is 0.839. The molecule has 0 spiro atoms. The number of benzene rings is 1. The largest absolute Gasteiger partial charge is 0.303 e. The molecule has 0 unspecified atom stereocenters. The summed E-state index contributed by atoms with van der Waals surface area (Å²) in [6, 6.07) is 2.63. The van der Waals surface area contributed by atoms with E-state index < -0.39 is 5.82 Å². The molecule has 1 heterocycles. The Bertz CT molecular complexity index is 664. The molecule has 2 aromatic rings. The van der Waals surface area contributed by atoms with Crippen molar-refractivity contribution in [3.05, 3.63) is 45.7 Å². The summed E-state index contributed by atoms with van der Waals surface area (Å²) in [5.74, 6) is 0.331. The smallest absolute Gasteiger partial charge is 0.142 e. The van der Waals surface area contributed by atoms with Crippen LogP contribution in [0.3, 0.4) is 0 Å². The fourth-order valence-electron chi connectivity index (χ4n) is 2.17. The first kappa shape index (κ1) is 17.2. The second-order valence-corrected chi connectivity index (χ2v) is 6.96. The van der Waals surface area contributed by atoms with Crippen molar-refractivity contribution in [2.45, 2.75) is 45.8 Å². The van der Waals surface area contributed by atoms with Gasteiger partial charge >= 0.3 is 0 Å².